The van der Waals surface area contributed by atoms with Crippen LogP contribution in [0.15, 0.2) is 24.8 Å². The molecule has 0 saturated heterocycles. The summed E-state index contributed by atoms with van der Waals surface area (Å²) in [7, 11) is 0. The van der Waals surface area contributed by atoms with E-state index in [0.29, 0.717) is 22.8 Å². The molecule has 2 aromatic heterocycles. The van der Waals surface area contributed by atoms with E-state index < -0.39 is 0 Å². The third-order valence-electron chi connectivity index (χ3n) is 1.76. The van der Waals surface area contributed by atoms with Gasteiger partial charge in [-0.25, -0.2) is 19.9 Å². The van der Waals surface area contributed by atoms with Gasteiger partial charge < -0.3 is 0 Å². The van der Waals surface area contributed by atoms with Crippen LogP contribution in [0.3, 0.4) is 0 Å². The predicted octanol–water partition coefficient (Wildman–Crippen LogP) is 0.677. The maximum absolute atomic E-state index is 8.57. The highest BCUT2D eigenvalue weighted by atomic mass is 15.0. The van der Waals surface area contributed by atoms with Crippen molar-refractivity contribution in [3.63, 3.8) is 0 Å². The fourth-order valence-electron chi connectivity index (χ4n) is 1.00. The molecule has 2 heterocycles. The molecule has 0 spiro atoms. The van der Waals surface area contributed by atoms with Crippen molar-refractivity contribution in [1.29, 1.82) is 10.5 Å². The molecule has 0 fully saturated rings. The molecule has 2 aromatic rings. The first-order chi connectivity index (χ1) is 7.83. The average Bonchev–Trinajstić information content (AvgIpc) is 2.39. The molecular formula is C10H4N6. The second-order valence-corrected chi connectivity index (χ2v) is 2.81. The summed E-state index contributed by atoms with van der Waals surface area (Å²) in [5.74, 6) is 0.645. The van der Waals surface area contributed by atoms with Crippen molar-refractivity contribution in [3.05, 3.63) is 35.9 Å². The molecule has 2 rings (SSSR count). The SMILES string of the molecule is N#Cc1cnc(-c2ncc(C#N)cn2)nc1. The number of rotatable bonds is 1. The first kappa shape index (κ1) is 9.69. The molecule has 0 aliphatic carbocycles. The lowest BCUT2D eigenvalue weighted by Gasteiger charge is -1.96. The van der Waals surface area contributed by atoms with Crippen molar-refractivity contribution in [2.75, 3.05) is 0 Å². The minimum Gasteiger partial charge on any atom is -0.232 e. The fraction of sp³-hybridized carbons (Fsp3) is 0. The van der Waals surface area contributed by atoms with E-state index in [-0.39, 0.29) is 0 Å². The van der Waals surface area contributed by atoms with E-state index in [0.717, 1.165) is 0 Å². The maximum atomic E-state index is 8.57. The number of nitrogens with zero attached hydrogens (tertiary/aromatic N) is 6. The van der Waals surface area contributed by atoms with Crippen molar-refractivity contribution in [2.24, 2.45) is 0 Å². The molecule has 0 amide bonds. The summed E-state index contributed by atoms with van der Waals surface area (Å²) in [6, 6.07) is 3.83. The normalized spacial score (nSPS) is 9.12. The first-order valence-electron chi connectivity index (χ1n) is 4.28. The molecule has 0 aromatic carbocycles. The molecule has 0 atom stereocenters. The Hall–Kier alpha value is -2.86. The number of aromatic nitrogens is 4. The van der Waals surface area contributed by atoms with Gasteiger partial charge in [0.2, 0.25) is 0 Å². The minimum atomic E-state index is 0.323. The Labute approximate surface area is 90.9 Å². The van der Waals surface area contributed by atoms with Crippen LogP contribution < -0.4 is 0 Å². The zero-order valence-electron chi connectivity index (χ0n) is 7.99. The Morgan fingerprint density at radius 2 is 1.00 bits per heavy atom. The Bertz CT molecular complexity index is 517. The van der Waals surface area contributed by atoms with Gasteiger partial charge in [-0.1, -0.05) is 0 Å². The molecule has 74 valence electrons. The number of hydrogen-bond donors (Lipinski definition) is 0. The third-order valence-corrected chi connectivity index (χ3v) is 1.76. The fourth-order valence-corrected chi connectivity index (χ4v) is 1.00. The largest absolute Gasteiger partial charge is 0.232 e. The van der Waals surface area contributed by atoms with Gasteiger partial charge in [0, 0.05) is 24.8 Å². The molecule has 0 aliphatic heterocycles. The van der Waals surface area contributed by atoms with Crippen LogP contribution in [-0.2, 0) is 0 Å². The van der Waals surface area contributed by atoms with Crippen molar-refractivity contribution in [3.8, 4) is 23.8 Å². The highest BCUT2D eigenvalue weighted by Crippen LogP contribution is 2.07. The lowest BCUT2D eigenvalue weighted by molar-refractivity contribution is 1.07. The van der Waals surface area contributed by atoms with E-state index in [1.165, 1.54) is 24.8 Å². The topological polar surface area (TPSA) is 99.1 Å². The lowest BCUT2D eigenvalue weighted by atomic mass is 10.3. The average molecular weight is 208 g/mol. The lowest BCUT2D eigenvalue weighted by Crippen LogP contribution is -1.95. The number of nitriles is 2. The van der Waals surface area contributed by atoms with E-state index in [1.807, 2.05) is 12.1 Å². The molecule has 0 N–H and O–H groups in total. The monoisotopic (exact) mass is 208 g/mol. The van der Waals surface area contributed by atoms with Gasteiger partial charge in [-0.15, -0.1) is 0 Å². The van der Waals surface area contributed by atoms with E-state index in [2.05, 4.69) is 19.9 Å². The Balaban J connectivity index is 2.36. The van der Waals surface area contributed by atoms with E-state index >= 15 is 0 Å². The summed E-state index contributed by atoms with van der Waals surface area (Å²) in [5, 5.41) is 17.1. The Morgan fingerprint density at radius 3 is 1.25 bits per heavy atom. The Kier molecular flexibility index (Phi) is 2.49. The van der Waals surface area contributed by atoms with Crippen molar-refractivity contribution < 1.29 is 0 Å². The molecule has 0 aliphatic rings. The quantitative estimate of drug-likeness (QED) is 0.683. The van der Waals surface area contributed by atoms with Crippen LogP contribution in [0.25, 0.3) is 11.6 Å². The summed E-state index contributed by atoms with van der Waals surface area (Å²) in [6.45, 7) is 0. The van der Waals surface area contributed by atoms with Gasteiger partial charge in [0.05, 0.1) is 11.1 Å². The zero-order chi connectivity index (χ0) is 11.4. The summed E-state index contributed by atoms with van der Waals surface area (Å²) < 4.78 is 0. The zero-order valence-corrected chi connectivity index (χ0v) is 7.99. The van der Waals surface area contributed by atoms with Crippen LogP contribution in [0.4, 0.5) is 0 Å². The van der Waals surface area contributed by atoms with Crippen LogP contribution in [-0.4, -0.2) is 19.9 Å². The summed E-state index contributed by atoms with van der Waals surface area (Å²) in [4.78, 5) is 15.7. The van der Waals surface area contributed by atoms with Gasteiger partial charge in [-0.05, 0) is 0 Å². The molecule has 0 radical (unpaired) electrons. The van der Waals surface area contributed by atoms with Crippen LogP contribution >= 0.6 is 0 Å². The van der Waals surface area contributed by atoms with Crippen molar-refractivity contribution in [1.82, 2.24) is 19.9 Å². The van der Waals surface area contributed by atoms with Gasteiger partial charge in [-0.3, -0.25) is 0 Å². The molecule has 6 heteroatoms. The number of hydrogen-bond acceptors (Lipinski definition) is 6. The summed E-state index contributed by atoms with van der Waals surface area (Å²) >= 11 is 0. The van der Waals surface area contributed by atoms with Gasteiger partial charge >= 0.3 is 0 Å². The summed E-state index contributed by atoms with van der Waals surface area (Å²) in [6.07, 6.45) is 5.57. The third kappa shape index (κ3) is 1.81. The molecule has 16 heavy (non-hydrogen) atoms. The molecule has 0 bridgehead atoms. The van der Waals surface area contributed by atoms with E-state index in [4.69, 9.17) is 10.5 Å². The minimum absolute atomic E-state index is 0.323. The van der Waals surface area contributed by atoms with Gasteiger partial charge in [0.1, 0.15) is 12.1 Å². The maximum Gasteiger partial charge on any atom is 0.197 e. The van der Waals surface area contributed by atoms with Crippen molar-refractivity contribution in [2.45, 2.75) is 0 Å². The highest BCUT2D eigenvalue weighted by Gasteiger charge is 2.04. The van der Waals surface area contributed by atoms with Crippen LogP contribution in [0.2, 0.25) is 0 Å². The van der Waals surface area contributed by atoms with Crippen LogP contribution in [0, 0.1) is 22.7 Å². The molecule has 0 unspecified atom stereocenters. The predicted molar refractivity (Wildman–Crippen MR) is 52.5 cm³/mol. The molecule has 0 saturated carbocycles. The van der Waals surface area contributed by atoms with E-state index in [1.54, 1.807) is 0 Å². The van der Waals surface area contributed by atoms with Crippen LogP contribution in [0.5, 0.6) is 0 Å². The van der Waals surface area contributed by atoms with Crippen LogP contribution in [0.1, 0.15) is 11.1 Å². The first-order valence-corrected chi connectivity index (χ1v) is 4.28. The van der Waals surface area contributed by atoms with Crippen molar-refractivity contribution >= 4 is 0 Å². The smallest absolute Gasteiger partial charge is 0.197 e. The van der Waals surface area contributed by atoms with Gasteiger partial charge in [0.25, 0.3) is 0 Å². The highest BCUT2D eigenvalue weighted by molar-refractivity contribution is 5.43. The Morgan fingerprint density at radius 1 is 0.688 bits per heavy atom. The standard InChI is InChI=1S/C10H4N6/c11-1-7-3-13-9(14-4-7)10-15-5-8(2-12)6-16-10/h3-6H. The summed E-state index contributed by atoms with van der Waals surface area (Å²) in [5.41, 5.74) is 0.745. The van der Waals surface area contributed by atoms with Gasteiger partial charge in [-0.2, -0.15) is 10.5 Å². The van der Waals surface area contributed by atoms with E-state index in [9.17, 15) is 0 Å². The second-order valence-electron chi connectivity index (χ2n) is 2.81. The second kappa shape index (κ2) is 4.11. The molecule has 6 nitrogen and oxygen atoms in total. The van der Waals surface area contributed by atoms with Gasteiger partial charge in [0.15, 0.2) is 11.6 Å². The molecular weight excluding hydrogens is 204 g/mol.